The smallest absolute Gasteiger partial charge is 0.121 e. The van der Waals surface area contributed by atoms with Crippen molar-refractivity contribution < 1.29 is 4.42 Å². The Bertz CT molecular complexity index is 511. The Morgan fingerprint density at radius 1 is 1.12 bits per heavy atom. The molecule has 0 bridgehead atoms. The van der Waals surface area contributed by atoms with Crippen LogP contribution >= 0.6 is 0 Å². The number of hydrogen-bond donors (Lipinski definition) is 1. The molecular formula is C15H17NO. The minimum absolute atomic E-state index is 0.0291. The normalized spacial score (nSPS) is 18.9. The maximum atomic E-state index is 6.39. The molecule has 1 atom stereocenters. The van der Waals surface area contributed by atoms with E-state index in [1.165, 1.54) is 5.56 Å². The summed E-state index contributed by atoms with van der Waals surface area (Å²) in [5, 5.41) is 0. The number of nitrogens with two attached hydrogens (primary N) is 1. The van der Waals surface area contributed by atoms with Crippen LogP contribution in [0, 0.1) is 6.92 Å². The van der Waals surface area contributed by atoms with Crippen LogP contribution in [0.15, 0.2) is 46.9 Å². The van der Waals surface area contributed by atoms with Crippen molar-refractivity contribution in [2.45, 2.75) is 31.2 Å². The van der Waals surface area contributed by atoms with E-state index in [1.807, 2.05) is 25.1 Å². The van der Waals surface area contributed by atoms with Crippen LogP contribution in [0.4, 0.5) is 0 Å². The molecule has 0 aliphatic heterocycles. The lowest BCUT2D eigenvalue weighted by molar-refractivity contribution is 0.401. The van der Waals surface area contributed by atoms with Gasteiger partial charge in [-0.05, 0) is 37.5 Å². The van der Waals surface area contributed by atoms with Gasteiger partial charge in [0.25, 0.3) is 0 Å². The highest BCUT2D eigenvalue weighted by molar-refractivity contribution is 5.36. The molecule has 1 unspecified atom stereocenters. The summed E-state index contributed by atoms with van der Waals surface area (Å²) in [7, 11) is 0. The molecule has 2 aromatic rings. The minimum atomic E-state index is -0.0291. The molecule has 1 fully saturated rings. The van der Waals surface area contributed by atoms with Crippen LogP contribution in [0.2, 0.25) is 0 Å². The summed E-state index contributed by atoms with van der Waals surface area (Å²) >= 11 is 0. The van der Waals surface area contributed by atoms with E-state index in [9.17, 15) is 0 Å². The van der Waals surface area contributed by atoms with Gasteiger partial charge in [-0.15, -0.1) is 0 Å². The van der Waals surface area contributed by atoms with E-state index in [1.54, 1.807) is 0 Å². The molecule has 1 aliphatic carbocycles. The molecule has 0 saturated heterocycles. The quantitative estimate of drug-likeness (QED) is 0.873. The summed E-state index contributed by atoms with van der Waals surface area (Å²) in [6, 6.07) is 14.5. The maximum absolute atomic E-state index is 6.39. The lowest BCUT2D eigenvalue weighted by atomic mass is 9.87. The second kappa shape index (κ2) is 3.74. The molecule has 88 valence electrons. The minimum Gasteiger partial charge on any atom is -0.465 e. The lowest BCUT2D eigenvalue weighted by Crippen LogP contribution is -2.25. The Kier molecular flexibility index (Phi) is 2.33. The van der Waals surface area contributed by atoms with E-state index < -0.39 is 0 Å². The van der Waals surface area contributed by atoms with Gasteiger partial charge < -0.3 is 10.2 Å². The van der Waals surface area contributed by atoms with Crippen molar-refractivity contribution in [2.75, 3.05) is 0 Å². The molecule has 0 amide bonds. The van der Waals surface area contributed by atoms with E-state index in [4.69, 9.17) is 10.2 Å². The molecule has 1 aromatic heterocycles. The number of aryl methyl sites for hydroxylation is 1. The zero-order chi connectivity index (χ0) is 11.9. The Morgan fingerprint density at radius 2 is 1.82 bits per heavy atom. The number of hydrogen-bond acceptors (Lipinski definition) is 2. The first-order valence-electron chi connectivity index (χ1n) is 6.10. The van der Waals surface area contributed by atoms with E-state index in [2.05, 4.69) is 24.3 Å². The van der Waals surface area contributed by atoms with Gasteiger partial charge in [-0.1, -0.05) is 30.3 Å². The molecule has 1 saturated carbocycles. The third-order valence-corrected chi connectivity index (χ3v) is 3.80. The van der Waals surface area contributed by atoms with Crippen molar-refractivity contribution in [2.24, 2.45) is 5.73 Å². The molecule has 3 rings (SSSR count). The van der Waals surface area contributed by atoms with Gasteiger partial charge in [0.05, 0.1) is 6.04 Å². The molecule has 1 heterocycles. The van der Waals surface area contributed by atoms with Gasteiger partial charge in [0, 0.05) is 5.41 Å². The molecule has 17 heavy (non-hydrogen) atoms. The number of benzene rings is 1. The fraction of sp³-hybridized carbons (Fsp3) is 0.333. The van der Waals surface area contributed by atoms with Crippen molar-refractivity contribution in [3.05, 3.63) is 59.5 Å². The summed E-state index contributed by atoms with van der Waals surface area (Å²) in [5.41, 5.74) is 7.82. The van der Waals surface area contributed by atoms with Crippen LogP contribution in [0.1, 0.15) is 36.0 Å². The Labute approximate surface area is 101 Å². The van der Waals surface area contributed by atoms with Crippen LogP contribution in [0.3, 0.4) is 0 Å². The van der Waals surface area contributed by atoms with Crippen molar-refractivity contribution in [1.29, 1.82) is 0 Å². The van der Waals surface area contributed by atoms with Gasteiger partial charge in [-0.3, -0.25) is 0 Å². The van der Waals surface area contributed by atoms with Crippen LogP contribution in [-0.2, 0) is 5.41 Å². The van der Waals surface area contributed by atoms with Gasteiger partial charge >= 0.3 is 0 Å². The predicted octanol–water partition coefficient (Wildman–Crippen LogP) is 3.32. The molecule has 1 aliphatic rings. The Balaban J connectivity index is 1.94. The van der Waals surface area contributed by atoms with Gasteiger partial charge in [-0.2, -0.15) is 0 Å². The summed E-state index contributed by atoms with van der Waals surface area (Å²) < 4.78 is 5.67. The average molecular weight is 227 g/mol. The summed E-state index contributed by atoms with van der Waals surface area (Å²) in [4.78, 5) is 0. The van der Waals surface area contributed by atoms with Crippen LogP contribution in [0.25, 0.3) is 0 Å². The first-order chi connectivity index (χ1) is 8.22. The molecule has 2 nitrogen and oxygen atoms in total. The predicted molar refractivity (Wildman–Crippen MR) is 67.7 cm³/mol. The van der Waals surface area contributed by atoms with Gasteiger partial charge in [0.15, 0.2) is 0 Å². The zero-order valence-corrected chi connectivity index (χ0v) is 10.0. The van der Waals surface area contributed by atoms with Crippen molar-refractivity contribution in [3.8, 4) is 0 Å². The maximum Gasteiger partial charge on any atom is 0.121 e. The highest BCUT2D eigenvalue weighted by atomic mass is 16.3. The average Bonchev–Trinajstić information content (AvgIpc) is 3.07. The van der Waals surface area contributed by atoms with Crippen molar-refractivity contribution in [1.82, 2.24) is 0 Å². The van der Waals surface area contributed by atoms with E-state index in [0.717, 1.165) is 24.4 Å². The number of furan rings is 1. The topological polar surface area (TPSA) is 39.2 Å². The largest absolute Gasteiger partial charge is 0.465 e. The second-order valence-corrected chi connectivity index (χ2v) is 4.95. The fourth-order valence-corrected chi connectivity index (χ4v) is 2.58. The first kappa shape index (κ1) is 10.6. The molecule has 0 radical (unpaired) electrons. The monoisotopic (exact) mass is 227 g/mol. The highest BCUT2D eigenvalue weighted by Gasteiger charge is 2.50. The second-order valence-electron chi connectivity index (χ2n) is 4.95. The molecule has 0 spiro atoms. The molecule has 2 N–H and O–H groups in total. The number of rotatable bonds is 3. The summed E-state index contributed by atoms with van der Waals surface area (Å²) in [5.74, 6) is 1.84. The third kappa shape index (κ3) is 1.69. The van der Waals surface area contributed by atoms with Gasteiger partial charge in [-0.25, -0.2) is 0 Å². The van der Waals surface area contributed by atoms with E-state index in [-0.39, 0.29) is 11.5 Å². The summed E-state index contributed by atoms with van der Waals surface area (Å²) in [6.45, 7) is 1.96. The van der Waals surface area contributed by atoms with Crippen LogP contribution in [-0.4, -0.2) is 0 Å². The van der Waals surface area contributed by atoms with E-state index in [0.29, 0.717) is 0 Å². The van der Waals surface area contributed by atoms with Gasteiger partial charge in [0.2, 0.25) is 0 Å². The van der Waals surface area contributed by atoms with Crippen LogP contribution < -0.4 is 5.73 Å². The molecular weight excluding hydrogens is 210 g/mol. The standard InChI is InChI=1S/C15H17NO/c1-11-7-8-13(17-11)14(16)15(9-10-15)12-5-3-2-4-6-12/h2-8,14H,9-10,16H2,1H3. The Morgan fingerprint density at radius 3 is 2.35 bits per heavy atom. The van der Waals surface area contributed by atoms with Crippen molar-refractivity contribution in [3.63, 3.8) is 0 Å². The Hall–Kier alpha value is -1.54. The lowest BCUT2D eigenvalue weighted by Gasteiger charge is -2.22. The van der Waals surface area contributed by atoms with Crippen LogP contribution in [0.5, 0.6) is 0 Å². The van der Waals surface area contributed by atoms with E-state index >= 15 is 0 Å². The third-order valence-electron chi connectivity index (χ3n) is 3.80. The SMILES string of the molecule is Cc1ccc(C(N)C2(c3ccccc3)CC2)o1. The van der Waals surface area contributed by atoms with Crippen molar-refractivity contribution >= 4 is 0 Å². The molecule has 1 aromatic carbocycles. The summed E-state index contributed by atoms with van der Waals surface area (Å²) in [6.07, 6.45) is 2.30. The molecule has 2 heteroatoms. The highest BCUT2D eigenvalue weighted by Crippen LogP contribution is 2.55. The van der Waals surface area contributed by atoms with Gasteiger partial charge in [0.1, 0.15) is 11.5 Å². The zero-order valence-electron chi connectivity index (χ0n) is 10.0. The first-order valence-corrected chi connectivity index (χ1v) is 6.10. The fourth-order valence-electron chi connectivity index (χ4n) is 2.58.